The van der Waals surface area contributed by atoms with Crippen LogP contribution in [-0.2, 0) is 5.79 Å². The van der Waals surface area contributed by atoms with E-state index in [1.54, 1.807) is 9.82 Å². The molecular formula is C12H17FI2KN3. The molecule has 2 heterocycles. The molecular weight excluding hydrogens is 498 g/mol. The summed E-state index contributed by atoms with van der Waals surface area (Å²) in [6, 6.07) is 0.136. The van der Waals surface area contributed by atoms with Gasteiger partial charge in [0.25, 0.3) is 0 Å². The van der Waals surface area contributed by atoms with Crippen LogP contribution < -0.4 is 51.4 Å². The van der Waals surface area contributed by atoms with Crippen LogP contribution in [0.15, 0.2) is 0 Å². The van der Waals surface area contributed by atoms with Crippen molar-refractivity contribution >= 4 is 45.5 Å². The van der Waals surface area contributed by atoms with Gasteiger partial charge in [-0.3, -0.25) is 7.80 Å². The molecule has 1 aliphatic rings. The minimum Gasteiger partial charge on any atom is -0.270 e. The van der Waals surface area contributed by atoms with Crippen LogP contribution in [-0.4, -0.2) is 23.0 Å². The molecule has 0 amide bonds. The molecule has 7 heteroatoms. The fourth-order valence-electron chi connectivity index (χ4n) is 2.77. The predicted octanol–water partition coefficient (Wildman–Crippen LogP) is 0.963. The average molecular weight is 515 g/mol. The second kappa shape index (κ2) is 6.67. The number of hydrogen-bond donors (Lipinski definition) is 0. The summed E-state index contributed by atoms with van der Waals surface area (Å²) in [6.45, 7) is 9.72. The molecule has 3 nitrogen and oxygen atoms in total. The number of aryl methyl sites for hydroxylation is 1. The SMILES string of the molecule is Cc1nn(I)c2c1[C-](C)C(I)N(C(C)C)C2(C)F.[K+]. The summed E-state index contributed by atoms with van der Waals surface area (Å²) in [5, 5.41) is 4.38. The van der Waals surface area contributed by atoms with Crippen LogP contribution in [0.3, 0.4) is 0 Å². The molecule has 0 fully saturated rings. The van der Waals surface area contributed by atoms with Gasteiger partial charge in [-0.25, -0.2) is 9.49 Å². The zero-order chi connectivity index (χ0) is 13.8. The van der Waals surface area contributed by atoms with Gasteiger partial charge in [0.2, 0.25) is 0 Å². The quantitative estimate of drug-likeness (QED) is 0.183. The fourth-order valence-corrected chi connectivity index (χ4v) is 5.26. The van der Waals surface area contributed by atoms with E-state index in [0.717, 1.165) is 11.3 Å². The Morgan fingerprint density at radius 2 is 2.00 bits per heavy atom. The van der Waals surface area contributed by atoms with Crippen LogP contribution in [0.5, 0.6) is 0 Å². The Kier molecular flexibility index (Phi) is 6.71. The summed E-state index contributed by atoms with van der Waals surface area (Å²) in [6.07, 6.45) is 0. The number of rotatable bonds is 1. The van der Waals surface area contributed by atoms with E-state index in [0.29, 0.717) is 5.69 Å². The summed E-state index contributed by atoms with van der Waals surface area (Å²) in [5.74, 6) is -0.299. The molecule has 2 unspecified atom stereocenters. The molecule has 2 atom stereocenters. The van der Waals surface area contributed by atoms with Gasteiger partial charge in [0, 0.05) is 10.1 Å². The monoisotopic (exact) mass is 515 g/mol. The Balaban J connectivity index is 0.00000180. The van der Waals surface area contributed by atoms with Crippen molar-refractivity contribution in [1.82, 2.24) is 12.9 Å². The van der Waals surface area contributed by atoms with E-state index in [2.05, 4.69) is 57.5 Å². The summed E-state index contributed by atoms with van der Waals surface area (Å²) in [4.78, 5) is 1.90. The Labute approximate surface area is 184 Å². The van der Waals surface area contributed by atoms with Crippen LogP contribution in [0.1, 0.15) is 44.6 Å². The molecule has 0 spiro atoms. The summed E-state index contributed by atoms with van der Waals surface area (Å²) in [5.41, 5.74) is 2.57. The van der Waals surface area contributed by atoms with Crippen LogP contribution in [0.2, 0.25) is 0 Å². The molecule has 0 aliphatic carbocycles. The van der Waals surface area contributed by atoms with Gasteiger partial charge < -0.3 is 0 Å². The first-order valence-corrected chi connectivity index (χ1v) is 8.12. The third-order valence-corrected chi connectivity index (χ3v) is 5.72. The molecule has 19 heavy (non-hydrogen) atoms. The molecule has 0 bridgehead atoms. The van der Waals surface area contributed by atoms with Crippen molar-refractivity contribution < 1.29 is 55.8 Å². The number of hydrogen-bond acceptors (Lipinski definition) is 2. The van der Waals surface area contributed by atoms with Gasteiger partial charge in [-0.2, -0.15) is 0 Å². The molecule has 2 rings (SSSR count). The van der Waals surface area contributed by atoms with E-state index >= 15 is 4.39 Å². The molecule has 0 radical (unpaired) electrons. The number of alkyl halides is 2. The van der Waals surface area contributed by atoms with Crippen LogP contribution >= 0.6 is 45.5 Å². The normalized spacial score (nSPS) is 27.4. The molecule has 0 N–H and O–H groups in total. The third kappa shape index (κ3) is 3.09. The van der Waals surface area contributed by atoms with Crippen molar-refractivity contribution in [1.29, 1.82) is 0 Å². The first-order valence-electron chi connectivity index (χ1n) is 5.91. The summed E-state index contributed by atoms with van der Waals surface area (Å²) < 4.78 is 17.0. The van der Waals surface area contributed by atoms with Crippen molar-refractivity contribution in [2.45, 2.75) is 50.5 Å². The van der Waals surface area contributed by atoms with Crippen molar-refractivity contribution in [3.05, 3.63) is 22.9 Å². The third-order valence-electron chi connectivity index (χ3n) is 3.49. The Hall–Kier alpha value is 2.07. The van der Waals surface area contributed by atoms with Gasteiger partial charge in [-0.15, -0.1) is 11.5 Å². The van der Waals surface area contributed by atoms with E-state index in [9.17, 15) is 0 Å². The van der Waals surface area contributed by atoms with Crippen molar-refractivity contribution in [3.63, 3.8) is 0 Å². The standard InChI is InChI=1S/C12H17FI2N3.K/c1-6(2)17-11(14)7(3)9-8(4)16-18(15)10(9)12(17,5)13;/h6,11H,1-5H3;/q-1;+1. The Morgan fingerprint density at radius 3 is 2.47 bits per heavy atom. The first-order chi connectivity index (χ1) is 8.19. The molecule has 1 aliphatic heterocycles. The zero-order valence-corrected chi connectivity index (χ0v) is 19.6. The molecule has 102 valence electrons. The van der Waals surface area contributed by atoms with E-state index in [4.69, 9.17) is 0 Å². The molecule has 0 saturated heterocycles. The van der Waals surface area contributed by atoms with Crippen molar-refractivity contribution in [3.8, 4) is 0 Å². The van der Waals surface area contributed by atoms with E-state index in [-0.39, 0.29) is 61.5 Å². The van der Waals surface area contributed by atoms with E-state index < -0.39 is 5.79 Å². The number of aromatic nitrogens is 2. The largest absolute Gasteiger partial charge is 1.00 e. The second-order valence-corrected chi connectivity index (χ2v) is 7.24. The van der Waals surface area contributed by atoms with Gasteiger partial charge >= 0.3 is 51.4 Å². The minimum absolute atomic E-state index is 0. The maximum Gasteiger partial charge on any atom is 1.00 e. The Bertz CT molecular complexity index is 476. The number of fused-ring (bicyclic) bond motifs is 1. The van der Waals surface area contributed by atoms with Crippen LogP contribution in [0.4, 0.5) is 4.39 Å². The average Bonchev–Trinajstić information content (AvgIpc) is 2.50. The van der Waals surface area contributed by atoms with Gasteiger partial charge in [-0.1, -0.05) is 36.4 Å². The number of nitrogens with zero attached hydrogens (tertiary/aromatic N) is 3. The molecule has 1 aromatic heterocycles. The van der Waals surface area contributed by atoms with Crippen molar-refractivity contribution in [2.75, 3.05) is 0 Å². The van der Waals surface area contributed by atoms with Crippen LogP contribution in [0.25, 0.3) is 0 Å². The summed E-state index contributed by atoms with van der Waals surface area (Å²) in [7, 11) is 0. The van der Waals surface area contributed by atoms with E-state index in [1.807, 2.05) is 25.7 Å². The van der Waals surface area contributed by atoms with E-state index in [1.165, 1.54) is 5.92 Å². The Morgan fingerprint density at radius 1 is 1.47 bits per heavy atom. The topological polar surface area (TPSA) is 21.1 Å². The van der Waals surface area contributed by atoms with Gasteiger partial charge in [0.15, 0.2) is 5.79 Å². The number of halogens is 3. The predicted molar refractivity (Wildman–Crippen MR) is 87.6 cm³/mol. The maximum absolute atomic E-state index is 15.3. The minimum atomic E-state index is -1.49. The first kappa shape index (κ1) is 19.1. The second-order valence-electron chi connectivity index (χ2n) is 5.14. The van der Waals surface area contributed by atoms with Crippen molar-refractivity contribution in [2.24, 2.45) is 0 Å². The zero-order valence-electron chi connectivity index (χ0n) is 12.1. The summed E-state index contributed by atoms with van der Waals surface area (Å²) >= 11 is 4.38. The van der Waals surface area contributed by atoms with Crippen LogP contribution in [0, 0.1) is 12.8 Å². The smallest absolute Gasteiger partial charge is 0.270 e. The maximum atomic E-state index is 15.3. The van der Waals surface area contributed by atoms with Gasteiger partial charge in [0.1, 0.15) is 0 Å². The fraction of sp³-hybridized carbons (Fsp3) is 0.667. The van der Waals surface area contributed by atoms with Gasteiger partial charge in [0.05, 0.1) is 22.9 Å². The van der Waals surface area contributed by atoms with Gasteiger partial charge in [-0.05, 0) is 32.2 Å². The molecule has 0 saturated carbocycles. The molecule has 0 aromatic carbocycles. The molecule has 1 aromatic rings.